The van der Waals surface area contributed by atoms with Crippen LogP contribution in [0.25, 0.3) is 0 Å². The van der Waals surface area contributed by atoms with Crippen molar-refractivity contribution in [1.82, 2.24) is 0 Å². The number of hydrogen-bond donors (Lipinski definition) is 0. The maximum atomic E-state index is 12.9. The van der Waals surface area contributed by atoms with E-state index < -0.39 is 6.10 Å². The zero-order valence-corrected chi connectivity index (χ0v) is 50.1. The minimum Gasteiger partial charge on any atom is -0.462 e. The van der Waals surface area contributed by atoms with Gasteiger partial charge in [0, 0.05) is 19.3 Å². The molecule has 6 heteroatoms. The highest BCUT2D eigenvalue weighted by molar-refractivity contribution is 5.71. The van der Waals surface area contributed by atoms with E-state index >= 15 is 0 Å². The highest BCUT2D eigenvalue weighted by atomic mass is 16.6. The molecule has 6 nitrogen and oxygen atoms in total. The Morgan fingerprint density at radius 3 is 0.743 bits per heavy atom. The van der Waals surface area contributed by atoms with Crippen molar-refractivity contribution in [1.29, 1.82) is 0 Å². The van der Waals surface area contributed by atoms with Crippen LogP contribution in [0, 0.1) is 0 Å². The maximum Gasteiger partial charge on any atom is 0.306 e. The summed E-state index contributed by atoms with van der Waals surface area (Å²) in [4.78, 5) is 38.2. The number of carbonyl (C=O) groups excluding carboxylic acids is 3. The van der Waals surface area contributed by atoms with Gasteiger partial charge in [-0.3, -0.25) is 14.4 Å². The molecule has 436 valence electrons. The van der Waals surface area contributed by atoms with Gasteiger partial charge in [-0.25, -0.2) is 0 Å². The van der Waals surface area contributed by atoms with E-state index in [-0.39, 0.29) is 31.1 Å². The number of unbranched alkanes of at least 4 members (excludes halogenated alkanes) is 47. The molecule has 0 fully saturated rings. The molecule has 0 aliphatic heterocycles. The van der Waals surface area contributed by atoms with Gasteiger partial charge in [-0.2, -0.15) is 0 Å². The summed E-state index contributed by atoms with van der Waals surface area (Å²) < 4.78 is 16.9. The van der Waals surface area contributed by atoms with Gasteiger partial charge in [-0.05, 0) is 51.4 Å². The predicted octanol–water partition coefficient (Wildman–Crippen LogP) is 22.6. The molecule has 0 aliphatic rings. The number of rotatable bonds is 62. The number of allylic oxidation sites excluding steroid dienone is 4. The molecule has 0 saturated carbocycles. The van der Waals surface area contributed by atoms with E-state index in [0.717, 1.165) is 64.2 Å². The molecule has 0 aromatic carbocycles. The Morgan fingerprint density at radius 2 is 0.486 bits per heavy atom. The van der Waals surface area contributed by atoms with Crippen molar-refractivity contribution in [2.24, 2.45) is 0 Å². The largest absolute Gasteiger partial charge is 0.462 e. The van der Waals surface area contributed by atoms with Crippen LogP contribution < -0.4 is 0 Å². The van der Waals surface area contributed by atoms with E-state index in [1.165, 1.54) is 270 Å². The van der Waals surface area contributed by atoms with Crippen molar-refractivity contribution in [3.05, 3.63) is 24.3 Å². The van der Waals surface area contributed by atoms with Gasteiger partial charge >= 0.3 is 17.9 Å². The van der Waals surface area contributed by atoms with Crippen LogP contribution in [0.5, 0.6) is 0 Å². The zero-order chi connectivity index (χ0) is 53.6. The number of hydrogen-bond acceptors (Lipinski definition) is 6. The summed E-state index contributed by atoms with van der Waals surface area (Å²) in [6.07, 6.45) is 76.4. The summed E-state index contributed by atoms with van der Waals surface area (Å²) in [6.45, 7) is 6.69. The topological polar surface area (TPSA) is 78.9 Å². The maximum absolute atomic E-state index is 12.9. The van der Waals surface area contributed by atoms with Gasteiger partial charge in [0.1, 0.15) is 13.2 Å². The second-order valence-corrected chi connectivity index (χ2v) is 22.7. The van der Waals surface area contributed by atoms with Crippen molar-refractivity contribution in [3.63, 3.8) is 0 Å². The van der Waals surface area contributed by atoms with Crippen molar-refractivity contribution < 1.29 is 28.6 Å². The quantitative estimate of drug-likeness (QED) is 0.0261. The van der Waals surface area contributed by atoms with Gasteiger partial charge in [0.2, 0.25) is 0 Å². The van der Waals surface area contributed by atoms with Gasteiger partial charge in [-0.1, -0.05) is 328 Å². The standard InChI is InChI=1S/C68H128O6/c1-4-7-10-13-16-19-22-25-26-27-28-29-30-31-32-33-34-35-36-37-38-39-40-41-42-44-46-49-52-55-58-61-67(70)73-64-65(63-72-66(69)60-57-54-51-48-45-24-21-18-15-12-9-6-3)74-68(71)62-59-56-53-50-47-43-23-20-17-14-11-8-5-2/h22,25,27-28,65H,4-21,23-24,26,29-64H2,1-3H3/b25-22-,28-27-. The second-order valence-electron chi connectivity index (χ2n) is 22.7. The highest BCUT2D eigenvalue weighted by Gasteiger charge is 2.19. The molecule has 0 amide bonds. The summed E-state index contributed by atoms with van der Waals surface area (Å²) in [5.41, 5.74) is 0. The van der Waals surface area contributed by atoms with E-state index in [2.05, 4.69) is 45.1 Å². The summed E-state index contributed by atoms with van der Waals surface area (Å²) in [5, 5.41) is 0. The Kier molecular flexibility index (Phi) is 61.6. The van der Waals surface area contributed by atoms with Crippen molar-refractivity contribution >= 4 is 17.9 Å². The Labute approximate surface area is 462 Å². The van der Waals surface area contributed by atoms with Gasteiger partial charge in [0.15, 0.2) is 6.10 Å². The number of ether oxygens (including phenoxy) is 3. The van der Waals surface area contributed by atoms with E-state index in [1.54, 1.807) is 0 Å². The third-order valence-corrected chi connectivity index (χ3v) is 15.2. The molecule has 0 spiro atoms. The minimum atomic E-state index is -0.764. The molecule has 0 aliphatic carbocycles. The van der Waals surface area contributed by atoms with Crippen molar-refractivity contribution in [2.75, 3.05) is 13.2 Å². The molecule has 0 aromatic rings. The molecular formula is C68H128O6. The minimum absolute atomic E-state index is 0.0635. The molecule has 0 aromatic heterocycles. The summed E-state index contributed by atoms with van der Waals surface area (Å²) >= 11 is 0. The lowest BCUT2D eigenvalue weighted by Crippen LogP contribution is -2.30. The number of carbonyl (C=O) groups is 3. The fraction of sp³-hybridized carbons (Fsp3) is 0.897. The van der Waals surface area contributed by atoms with Crippen LogP contribution >= 0.6 is 0 Å². The average Bonchev–Trinajstić information content (AvgIpc) is 3.40. The smallest absolute Gasteiger partial charge is 0.306 e. The normalized spacial score (nSPS) is 12.1. The molecule has 74 heavy (non-hydrogen) atoms. The lowest BCUT2D eigenvalue weighted by molar-refractivity contribution is -0.167. The van der Waals surface area contributed by atoms with Crippen molar-refractivity contribution in [3.8, 4) is 0 Å². The van der Waals surface area contributed by atoms with Crippen LogP contribution in [-0.2, 0) is 28.6 Å². The summed E-state index contributed by atoms with van der Waals surface area (Å²) in [6, 6.07) is 0. The Hall–Kier alpha value is -2.11. The van der Waals surface area contributed by atoms with Crippen LogP contribution in [0.4, 0.5) is 0 Å². The Balaban J connectivity index is 4.06. The van der Waals surface area contributed by atoms with Gasteiger partial charge < -0.3 is 14.2 Å². The van der Waals surface area contributed by atoms with E-state index in [0.29, 0.717) is 19.3 Å². The molecule has 0 rings (SSSR count). The molecule has 0 radical (unpaired) electrons. The third kappa shape index (κ3) is 60.8. The van der Waals surface area contributed by atoms with E-state index in [4.69, 9.17) is 14.2 Å². The SMILES string of the molecule is CCCCCCC/C=C\C/C=C\CCCCCCCCCCCCCCCCCCCCCC(=O)OCC(COC(=O)CCCCCCCCCCCCCC)OC(=O)CCCCCCCCCCCCCCC. The Morgan fingerprint density at radius 1 is 0.270 bits per heavy atom. The number of esters is 3. The zero-order valence-electron chi connectivity index (χ0n) is 50.1. The van der Waals surface area contributed by atoms with Gasteiger partial charge in [-0.15, -0.1) is 0 Å². The average molecular weight is 1040 g/mol. The fourth-order valence-electron chi connectivity index (χ4n) is 10.2. The van der Waals surface area contributed by atoms with E-state index in [1.807, 2.05) is 0 Å². The molecule has 1 atom stereocenters. The molecule has 0 saturated heterocycles. The predicted molar refractivity (Wildman–Crippen MR) is 321 cm³/mol. The summed E-state index contributed by atoms with van der Waals surface area (Å²) in [7, 11) is 0. The first-order valence-electron chi connectivity index (χ1n) is 33.3. The first kappa shape index (κ1) is 71.9. The first-order chi connectivity index (χ1) is 36.5. The molecular weight excluding hydrogens is 913 g/mol. The highest BCUT2D eigenvalue weighted by Crippen LogP contribution is 2.18. The van der Waals surface area contributed by atoms with Crippen molar-refractivity contribution in [2.45, 2.75) is 380 Å². The van der Waals surface area contributed by atoms with Crippen LogP contribution in [-0.4, -0.2) is 37.2 Å². The van der Waals surface area contributed by atoms with Crippen LogP contribution in [0.3, 0.4) is 0 Å². The summed E-state index contributed by atoms with van der Waals surface area (Å²) in [5.74, 6) is -0.836. The molecule has 0 N–H and O–H groups in total. The van der Waals surface area contributed by atoms with Crippen LogP contribution in [0.1, 0.15) is 374 Å². The van der Waals surface area contributed by atoms with Crippen LogP contribution in [0.2, 0.25) is 0 Å². The molecule has 0 bridgehead atoms. The van der Waals surface area contributed by atoms with Crippen LogP contribution in [0.15, 0.2) is 24.3 Å². The van der Waals surface area contributed by atoms with Gasteiger partial charge in [0.25, 0.3) is 0 Å². The van der Waals surface area contributed by atoms with Gasteiger partial charge in [0.05, 0.1) is 0 Å². The lowest BCUT2D eigenvalue weighted by atomic mass is 10.0. The van der Waals surface area contributed by atoms with E-state index in [9.17, 15) is 14.4 Å². The second kappa shape index (κ2) is 63.4. The molecule has 0 heterocycles. The lowest BCUT2D eigenvalue weighted by Gasteiger charge is -2.18. The third-order valence-electron chi connectivity index (χ3n) is 15.2. The monoisotopic (exact) mass is 1040 g/mol. The Bertz CT molecular complexity index is 1190. The molecule has 1 unspecified atom stereocenters. The first-order valence-corrected chi connectivity index (χ1v) is 33.3. The fourth-order valence-corrected chi connectivity index (χ4v) is 10.2.